The van der Waals surface area contributed by atoms with E-state index in [1.807, 2.05) is 7.05 Å². The topological polar surface area (TPSA) is 48.9 Å². The Hall–Kier alpha value is -1.75. The molecule has 2 fully saturated rings. The summed E-state index contributed by atoms with van der Waals surface area (Å²) in [5, 5.41) is 6.95. The van der Waals surface area contributed by atoms with Crippen molar-refractivity contribution in [3.8, 4) is 0 Å². The fourth-order valence-electron chi connectivity index (χ4n) is 3.62. The van der Waals surface area contributed by atoms with Gasteiger partial charge in [-0.25, -0.2) is 0 Å². The number of anilines is 1. The normalized spacial score (nSPS) is 19.0. The van der Waals surface area contributed by atoms with E-state index in [9.17, 15) is 0 Å². The van der Waals surface area contributed by atoms with Gasteiger partial charge in [-0.2, -0.15) is 0 Å². The maximum absolute atomic E-state index is 5.68. The van der Waals surface area contributed by atoms with Crippen LogP contribution in [0.3, 0.4) is 0 Å². The Balaban J connectivity index is 1.37. The second kappa shape index (κ2) is 9.64. The minimum Gasteiger partial charge on any atom is -0.379 e. The molecule has 1 saturated heterocycles. The first-order valence-electron chi connectivity index (χ1n) is 10.9. The van der Waals surface area contributed by atoms with Crippen LogP contribution in [-0.2, 0) is 10.2 Å². The molecule has 1 aromatic rings. The molecule has 3 rings (SSSR count). The van der Waals surface area contributed by atoms with Crippen molar-refractivity contribution >= 4 is 11.6 Å². The maximum atomic E-state index is 5.68. The van der Waals surface area contributed by atoms with Crippen molar-refractivity contribution in [2.24, 2.45) is 10.9 Å². The van der Waals surface area contributed by atoms with Gasteiger partial charge in [0.25, 0.3) is 0 Å². The van der Waals surface area contributed by atoms with Gasteiger partial charge in [-0.05, 0) is 54.7 Å². The van der Waals surface area contributed by atoms with Gasteiger partial charge in [0, 0.05) is 45.0 Å². The van der Waals surface area contributed by atoms with Crippen molar-refractivity contribution in [1.82, 2.24) is 10.6 Å². The van der Waals surface area contributed by atoms with Crippen LogP contribution in [0.25, 0.3) is 0 Å². The number of hydrogen-bond donors (Lipinski definition) is 2. The van der Waals surface area contributed by atoms with Crippen LogP contribution >= 0.6 is 0 Å². The molecule has 0 unspecified atom stereocenters. The molecule has 1 aliphatic heterocycles. The standard InChI is InChI=1S/C23H38N4O/c1-23(2,3)19-7-9-21(10-8-19)27-14-11-20(12-15-27)26-22(24-4)25-13-16-28-17-18-5-6-18/h7-10,18,20H,5-6,11-17H2,1-4H3,(H2,24,25,26). The summed E-state index contributed by atoms with van der Waals surface area (Å²) in [7, 11) is 1.84. The van der Waals surface area contributed by atoms with Gasteiger partial charge in [0.05, 0.1) is 6.61 Å². The van der Waals surface area contributed by atoms with Crippen molar-refractivity contribution in [2.45, 2.75) is 57.9 Å². The average molecular weight is 387 g/mol. The first-order chi connectivity index (χ1) is 13.5. The Kier molecular flexibility index (Phi) is 7.22. The molecule has 1 aliphatic carbocycles. The highest BCUT2D eigenvalue weighted by molar-refractivity contribution is 5.80. The molecular weight excluding hydrogens is 348 g/mol. The fourth-order valence-corrected chi connectivity index (χ4v) is 3.62. The Morgan fingerprint density at radius 3 is 2.36 bits per heavy atom. The molecule has 2 N–H and O–H groups in total. The molecule has 0 bridgehead atoms. The zero-order chi connectivity index (χ0) is 20.0. The largest absolute Gasteiger partial charge is 0.379 e. The van der Waals surface area contributed by atoms with E-state index in [2.05, 4.69) is 65.6 Å². The second-order valence-corrected chi connectivity index (χ2v) is 9.22. The van der Waals surface area contributed by atoms with Gasteiger partial charge >= 0.3 is 0 Å². The molecule has 0 atom stereocenters. The summed E-state index contributed by atoms with van der Waals surface area (Å²) in [6.45, 7) is 11.4. The molecule has 1 aromatic carbocycles. The first kappa shape index (κ1) is 21.0. The van der Waals surface area contributed by atoms with E-state index in [-0.39, 0.29) is 5.41 Å². The van der Waals surface area contributed by atoms with Gasteiger partial charge < -0.3 is 20.3 Å². The van der Waals surface area contributed by atoms with Crippen LogP contribution in [0.2, 0.25) is 0 Å². The fraction of sp³-hybridized carbons (Fsp3) is 0.696. The van der Waals surface area contributed by atoms with E-state index < -0.39 is 0 Å². The van der Waals surface area contributed by atoms with Crippen LogP contribution in [0.15, 0.2) is 29.3 Å². The summed E-state index contributed by atoms with van der Waals surface area (Å²) in [4.78, 5) is 6.85. The Morgan fingerprint density at radius 2 is 1.79 bits per heavy atom. The van der Waals surface area contributed by atoms with E-state index in [0.717, 1.165) is 57.6 Å². The third-order valence-electron chi connectivity index (χ3n) is 5.75. The summed E-state index contributed by atoms with van der Waals surface area (Å²) in [6.07, 6.45) is 4.94. The lowest BCUT2D eigenvalue weighted by atomic mass is 9.87. The lowest BCUT2D eigenvalue weighted by Gasteiger charge is -2.35. The van der Waals surface area contributed by atoms with Crippen LogP contribution in [0.4, 0.5) is 5.69 Å². The summed E-state index contributed by atoms with van der Waals surface area (Å²) >= 11 is 0. The summed E-state index contributed by atoms with van der Waals surface area (Å²) in [5.74, 6) is 1.72. The van der Waals surface area contributed by atoms with E-state index >= 15 is 0 Å². The predicted octanol–water partition coefficient (Wildman–Crippen LogP) is 3.54. The van der Waals surface area contributed by atoms with Gasteiger partial charge in [-0.3, -0.25) is 4.99 Å². The van der Waals surface area contributed by atoms with E-state index in [1.54, 1.807) is 0 Å². The van der Waals surface area contributed by atoms with Crippen LogP contribution in [0.5, 0.6) is 0 Å². The van der Waals surface area contributed by atoms with Crippen molar-refractivity contribution in [3.05, 3.63) is 29.8 Å². The third kappa shape index (κ3) is 6.40. The van der Waals surface area contributed by atoms with Crippen LogP contribution < -0.4 is 15.5 Å². The van der Waals surface area contributed by atoms with Gasteiger partial charge in [0.1, 0.15) is 0 Å². The van der Waals surface area contributed by atoms with Crippen LogP contribution in [-0.4, -0.2) is 51.9 Å². The Morgan fingerprint density at radius 1 is 1.11 bits per heavy atom. The number of ether oxygens (including phenoxy) is 1. The lowest BCUT2D eigenvalue weighted by Crippen LogP contribution is -2.49. The van der Waals surface area contributed by atoms with Gasteiger partial charge in [-0.15, -0.1) is 0 Å². The molecule has 156 valence electrons. The van der Waals surface area contributed by atoms with Gasteiger partial charge in [0.15, 0.2) is 5.96 Å². The highest BCUT2D eigenvalue weighted by atomic mass is 16.5. The number of guanidine groups is 1. The molecule has 28 heavy (non-hydrogen) atoms. The second-order valence-electron chi connectivity index (χ2n) is 9.22. The Labute approximate surface area is 170 Å². The minimum absolute atomic E-state index is 0.210. The third-order valence-corrected chi connectivity index (χ3v) is 5.75. The summed E-state index contributed by atoms with van der Waals surface area (Å²) in [5.41, 5.74) is 2.94. The molecule has 0 spiro atoms. The number of nitrogens with zero attached hydrogens (tertiary/aromatic N) is 2. The average Bonchev–Trinajstić information content (AvgIpc) is 3.51. The highest BCUT2D eigenvalue weighted by Crippen LogP contribution is 2.28. The molecule has 1 saturated carbocycles. The molecule has 2 aliphatic rings. The van der Waals surface area contributed by atoms with Crippen LogP contribution in [0.1, 0.15) is 52.0 Å². The highest BCUT2D eigenvalue weighted by Gasteiger charge is 2.22. The number of hydrogen-bond acceptors (Lipinski definition) is 3. The monoisotopic (exact) mass is 386 g/mol. The quantitative estimate of drug-likeness (QED) is 0.427. The van der Waals surface area contributed by atoms with Crippen molar-refractivity contribution < 1.29 is 4.74 Å². The number of nitrogens with one attached hydrogen (secondary N) is 2. The number of rotatable bonds is 7. The smallest absolute Gasteiger partial charge is 0.191 e. The van der Waals surface area contributed by atoms with E-state index in [1.165, 1.54) is 24.1 Å². The molecular formula is C23H38N4O. The molecule has 0 amide bonds. The van der Waals surface area contributed by atoms with Crippen molar-refractivity contribution in [1.29, 1.82) is 0 Å². The zero-order valence-corrected chi connectivity index (χ0v) is 18.1. The summed E-state index contributed by atoms with van der Waals surface area (Å²) < 4.78 is 5.68. The van der Waals surface area contributed by atoms with Crippen molar-refractivity contribution in [3.63, 3.8) is 0 Å². The lowest BCUT2D eigenvalue weighted by molar-refractivity contribution is 0.129. The molecule has 0 aromatic heterocycles. The SMILES string of the molecule is CN=C(NCCOCC1CC1)NC1CCN(c2ccc(C(C)(C)C)cc2)CC1. The van der Waals surface area contributed by atoms with Gasteiger partial charge in [-0.1, -0.05) is 32.9 Å². The number of benzene rings is 1. The van der Waals surface area contributed by atoms with E-state index in [0.29, 0.717) is 6.04 Å². The molecule has 5 nitrogen and oxygen atoms in total. The van der Waals surface area contributed by atoms with Crippen molar-refractivity contribution in [2.75, 3.05) is 44.8 Å². The molecule has 5 heteroatoms. The molecule has 1 heterocycles. The van der Waals surface area contributed by atoms with Gasteiger partial charge in [0.2, 0.25) is 0 Å². The predicted molar refractivity (Wildman–Crippen MR) is 118 cm³/mol. The summed E-state index contributed by atoms with van der Waals surface area (Å²) in [6, 6.07) is 9.57. The van der Waals surface area contributed by atoms with E-state index in [4.69, 9.17) is 4.74 Å². The minimum atomic E-state index is 0.210. The van der Waals surface area contributed by atoms with Crippen LogP contribution in [0, 0.1) is 5.92 Å². The Bertz CT molecular complexity index is 623. The zero-order valence-electron chi connectivity index (χ0n) is 18.1. The number of aliphatic imine (C=N–C) groups is 1. The maximum Gasteiger partial charge on any atom is 0.191 e. The molecule has 0 radical (unpaired) electrons. The first-order valence-corrected chi connectivity index (χ1v) is 10.9. The number of piperidine rings is 1.